The van der Waals surface area contributed by atoms with Crippen molar-refractivity contribution in [3.63, 3.8) is 0 Å². The molecular formula is C20H17Cl2N3O2S. The first kappa shape index (κ1) is 19.3. The van der Waals surface area contributed by atoms with Crippen molar-refractivity contribution in [3.05, 3.63) is 63.1 Å². The number of halogens is 2. The molecule has 1 aliphatic heterocycles. The molecule has 3 aromatic rings. The van der Waals surface area contributed by atoms with Crippen LogP contribution in [0.5, 0.6) is 0 Å². The average molecular weight is 434 g/mol. The fraction of sp³-hybridized carbons (Fsp3) is 0.250. The van der Waals surface area contributed by atoms with E-state index in [0.717, 1.165) is 17.0 Å². The van der Waals surface area contributed by atoms with Gasteiger partial charge in [0.2, 0.25) is 5.91 Å². The Morgan fingerprint density at radius 2 is 2.07 bits per heavy atom. The van der Waals surface area contributed by atoms with Gasteiger partial charge >= 0.3 is 0 Å². The quantitative estimate of drug-likeness (QED) is 0.591. The Bertz CT molecular complexity index is 1130. The minimum atomic E-state index is -0.339. The lowest BCUT2D eigenvalue weighted by Crippen LogP contribution is -2.37. The third-order valence-electron chi connectivity index (χ3n) is 4.70. The standard InChI is InChI=1S/C20H17Cl2N3O2S/c1-12-6-7-25(16-4-2-3-5-17(16)28-12)18(26)10-24-11-23-19-14(20(24)27)8-13(21)9-15(19)22/h2-5,8-9,11-12H,6-7,10H2,1H3. The molecule has 28 heavy (non-hydrogen) atoms. The first-order valence-electron chi connectivity index (χ1n) is 8.84. The highest BCUT2D eigenvalue weighted by Crippen LogP contribution is 2.37. The van der Waals surface area contributed by atoms with Crippen LogP contribution < -0.4 is 10.5 Å². The van der Waals surface area contributed by atoms with E-state index in [1.54, 1.807) is 22.7 Å². The van der Waals surface area contributed by atoms with Gasteiger partial charge in [0.15, 0.2) is 0 Å². The van der Waals surface area contributed by atoms with Gasteiger partial charge in [-0.15, -0.1) is 11.8 Å². The lowest BCUT2D eigenvalue weighted by molar-refractivity contribution is -0.119. The van der Waals surface area contributed by atoms with Crippen LogP contribution in [0.15, 0.2) is 52.4 Å². The lowest BCUT2D eigenvalue weighted by Gasteiger charge is -2.23. The predicted molar refractivity (Wildman–Crippen MR) is 115 cm³/mol. The zero-order valence-corrected chi connectivity index (χ0v) is 17.4. The van der Waals surface area contributed by atoms with Gasteiger partial charge < -0.3 is 4.90 Å². The topological polar surface area (TPSA) is 55.2 Å². The summed E-state index contributed by atoms with van der Waals surface area (Å²) in [4.78, 5) is 33.0. The summed E-state index contributed by atoms with van der Waals surface area (Å²) in [6, 6.07) is 10.9. The van der Waals surface area contributed by atoms with Crippen molar-refractivity contribution in [2.45, 2.75) is 30.0 Å². The van der Waals surface area contributed by atoms with Crippen LogP contribution >= 0.6 is 35.0 Å². The molecule has 5 nitrogen and oxygen atoms in total. The SMILES string of the molecule is CC1CCN(C(=O)Cn2cnc3c(Cl)cc(Cl)cc3c2=O)c2ccccc2S1. The molecule has 2 heterocycles. The largest absolute Gasteiger partial charge is 0.310 e. The Morgan fingerprint density at radius 3 is 2.89 bits per heavy atom. The van der Waals surface area contributed by atoms with E-state index < -0.39 is 0 Å². The van der Waals surface area contributed by atoms with Crippen molar-refractivity contribution in [2.24, 2.45) is 0 Å². The summed E-state index contributed by atoms with van der Waals surface area (Å²) < 4.78 is 1.31. The molecule has 0 spiro atoms. The minimum absolute atomic E-state index is 0.0979. The number of nitrogens with zero attached hydrogens (tertiary/aromatic N) is 3. The summed E-state index contributed by atoms with van der Waals surface area (Å²) in [7, 11) is 0. The Balaban J connectivity index is 1.69. The Kier molecular flexibility index (Phi) is 5.36. The van der Waals surface area contributed by atoms with E-state index in [9.17, 15) is 9.59 Å². The molecule has 1 unspecified atom stereocenters. The number of para-hydroxylation sites is 1. The number of rotatable bonds is 2. The van der Waals surface area contributed by atoms with Crippen molar-refractivity contribution >= 4 is 57.5 Å². The number of fused-ring (bicyclic) bond motifs is 2. The van der Waals surface area contributed by atoms with Gasteiger partial charge in [-0.2, -0.15) is 0 Å². The molecule has 8 heteroatoms. The molecule has 4 rings (SSSR count). The molecule has 2 aromatic carbocycles. The second kappa shape index (κ2) is 7.78. The Hall–Kier alpha value is -2.02. The van der Waals surface area contributed by atoms with Gasteiger partial charge in [-0.1, -0.05) is 42.3 Å². The number of carbonyl (C=O) groups is 1. The summed E-state index contributed by atoms with van der Waals surface area (Å²) in [5, 5.41) is 1.38. The summed E-state index contributed by atoms with van der Waals surface area (Å²) in [6.07, 6.45) is 2.24. The molecule has 0 saturated carbocycles. The van der Waals surface area contributed by atoms with Crippen molar-refractivity contribution in [3.8, 4) is 0 Å². The van der Waals surface area contributed by atoms with Crippen LogP contribution in [0, 0.1) is 0 Å². The Morgan fingerprint density at radius 1 is 1.29 bits per heavy atom. The zero-order valence-electron chi connectivity index (χ0n) is 15.1. The normalized spacial score (nSPS) is 16.7. The third kappa shape index (κ3) is 3.64. The number of hydrogen-bond donors (Lipinski definition) is 0. The number of benzene rings is 2. The fourth-order valence-corrected chi connectivity index (χ4v) is 4.94. The zero-order chi connectivity index (χ0) is 19.8. The molecule has 0 fully saturated rings. The van der Waals surface area contributed by atoms with Crippen molar-refractivity contribution < 1.29 is 4.79 Å². The van der Waals surface area contributed by atoms with Gasteiger partial charge in [-0.3, -0.25) is 14.2 Å². The van der Waals surface area contributed by atoms with Gasteiger partial charge in [0.25, 0.3) is 5.56 Å². The van der Waals surface area contributed by atoms with Gasteiger partial charge in [0.1, 0.15) is 6.54 Å². The van der Waals surface area contributed by atoms with Crippen LogP contribution in [0.3, 0.4) is 0 Å². The second-order valence-corrected chi connectivity index (χ2v) is 9.02. The third-order valence-corrected chi connectivity index (χ3v) is 6.44. The number of carbonyl (C=O) groups excluding carboxylic acids is 1. The average Bonchev–Trinajstić information content (AvgIpc) is 2.82. The highest BCUT2D eigenvalue weighted by atomic mass is 35.5. The van der Waals surface area contributed by atoms with Gasteiger partial charge in [-0.05, 0) is 30.7 Å². The fourth-order valence-electron chi connectivity index (χ4n) is 3.28. The van der Waals surface area contributed by atoms with Crippen LogP contribution in [0.25, 0.3) is 10.9 Å². The maximum Gasteiger partial charge on any atom is 0.261 e. The minimum Gasteiger partial charge on any atom is -0.310 e. The molecule has 0 saturated heterocycles. The van der Waals surface area contributed by atoms with E-state index >= 15 is 0 Å². The molecule has 1 amide bonds. The molecule has 144 valence electrons. The summed E-state index contributed by atoms with van der Waals surface area (Å²) in [5.74, 6) is -0.154. The first-order valence-corrected chi connectivity index (χ1v) is 10.5. The summed E-state index contributed by atoms with van der Waals surface area (Å²) in [5.41, 5.74) is 0.924. The predicted octanol–water partition coefficient (Wildman–Crippen LogP) is 4.62. The highest BCUT2D eigenvalue weighted by molar-refractivity contribution is 8.00. The number of thioether (sulfide) groups is 1. The number of anilines is 1. The van der Waals surface area contributed by atoms with E-state index in [1.807, 2.05) is 24.3 Å². The van der Waals surface area contributed by atoms with Crippen LogP contribution in [-0.4, -0.2) is 27.3 Å². The van der Waals surface area contributed by atoms with E-state index in [0.29, 0.717) is 32.7 Å². The van der Waals surface area contributed by atoms with E-state index in [4.69, 9.17) is 23.2 Å². The van der Waals surface area contributed by atoms with Crippen LogP contribution in [0.1, 0.15) is 13.3 Å². The van der Waals surface area contributed by atoms with E-state index in [2.05, 4.69) is 11.9 Å². The maximum atomic E-state index is 13.1. The van der Waals surface area contributed by atoms with Crippen LogP contribution in [-0.2, 0) is 11.3 Å². The maximum absolute atomic E-state index is 13.1. The smallest absolute Gasteiger partial charge is 0.261 e. The first-order chi connectivity index (χ1) is 13.4. The number of aromatic nitrogens is 2. The number of hydrogen-bond acceptors (Lipinski definition) is 4. The number of amides is 1. The van der Waals surface area contributed by atoms with Gasteiger partial charge in [0.05, 0.1) is 27.9 Å². The molecule has 1 aromatic heterocycles. The molecule has 0 aliphatic carbocycles. The summed E-state index contributed by atoms with van der Waals surface area (Å²) in [6.45, 7) is 2.66. The molecule has 1 aliphatic rings. The van der Waals surface area contributed by atoms with Gasteiger partial charge in [-0.25, -0.2) is 4.98 Å². The Labute approximate surface area is 176 Å². The molecule has 0 radical (unpaired) electrons. The highest BCUT2D eigenvalue weighted by Gasteiger charge is 2.24. The summed E-state index contributed by atoms with van der Waals surface area (Å²) >= 11 is 13.9. The second-order valence-electron chi connectivity index (χ2n) is 6.69. The molecular weight excluding hydrogens is 417 g/mol. The molecule has 0 N–H and O–H groups in total. The van der Waals surface area contributed by atoms with Crippen molar-refractivity contribution in [2.75, 3.05) is 11.4 Å². The van der Waals surface area contributed by atoms with Crippen LogP contribution in [0.4, 0.5) is 5.69 Å². The van der Waals surface area contributed by atoms with Gasteiger partial charge in [0, 0.05) is 21.7 Å². The van der Waals surface area contributed by atoms with Crippen molar-refractivity contribution in [1.29, 1.82) is 0 Å². The van der Waals surface area contributed by atoms with E-state index in [-0.39, 0.29) is 18.0 Å². The van der Waals surface area contributed by atoms with Crippen molar-refractivity contribution in [1.82, 2.24) is 9.55 Å². The molecule has 1 atom stereocenters. The van der Waals surface area contributed by atoms with E-state index in [1.165, 1.54) is 17.0 Å². The lowest BCUT2D eigenvalue weighted by atomic mass is 10.2. The monoisotopic (exact) mass is 433 g/mol. The molecule has 0 bridgehead atoms. The van der Waals surface area contributed by atoms with Crippen LogP contribution in [0.2, 0.25) is 10.0 Å².